The number of nitriles is 1. The molecule has 0 bridgehead atoms. The first kappa shape index (κ1) is 22.1. The summed E-state index contributed by atoms with van der Waals surface area (Å²) < 4.78 is 45.9. The zero-order valence-electron chi connectivity index (χ0n) is 16.6. The smallest absolute Gasteiger partial charge is 0.434 e. The number of hydrogen-bond acceptors (Lipinski definition) is 6. The molecule has 0 spiro atoms. The molecule has 0 aliphatic rings. The van der Waals surface area contributed by atoms with E-state index in [1.807, 2.05) is 0 Å². The van der Waals surface area contributed by atoms with Crippen molar-refractivity contribution in [3.05, 3.63) is 35.5 Å². The van der Waals surface area contributed by atoms with Crippen LogP contribution in [-0.4, -0.2) is 37.0 Å². The highest BCUT2D eigenvalue weighted by Crippen LogP contribution is 2.30. The summed E-state index contributed by atoms with van der Waals surface area (Å²) in [6.45, 7) is 8.36. The molecule has 2 aromatic heterocycles. The lowest BCUT2D eigenvalue weighted by Crippen LogP contribution is -2.47. The number of carbonyl (C=O) groups excluding carboxylic acids is 1. The van der Waals surface area contributed by atoms with Gasteiger partial charge in [0.25, 0.3) is 0 Å². The van der Waals surface area contributed by atoms with Crippen LogP contribution in [0.3, 0.4) is 0 Å². The summed E-state index contributed by atoms with van der Waals surface area (Å²) in [5.41, 5.74) is -2.78. The maximum atomic E-state index is 13.2. The number of halogens is 3. The third-order valence-corrected chi connectivity index (χ3v) is 3.52. The van der Waals surface area contributed by atoms with Crippen molar-refractivity contribution in [3.8, 4) is 11.9 Å². The maximum absolute atomic E-state index is 13.2. The molecule has 29 heavy (non-hydrogen) atoms. The van der Waals surface area contributed by atoms with Gasteiger partial charge in [0.2, 0.25) is 0 Å². The molecule has 1 N–H and O–H groups in total. The Morgan fingerprint density at radius 3 is 2.34 bits per heavy atom. The van der Waals surface area contributed by atoms with Crippen LogP contribution in [0.25, 0.3) is 5.82 Å². The number of nitrogens with zero attached hydrogens (tertiary/aromatic N) is 5. The molecule has 0 aromatic carbocycles. The van der Waals surface area contributed by atoms with E-state index in [1.54, 1.807) is 40.7 Å². The Hall–Kier alpha value is -3.16. The number of alkyl halides is 3. The van der Waals surface area contributed by atoms with E-state index >= 15 is 0 Å². The quantitative estimate of drug-likeness (QED) is 0.828. The Labute approximate surface area is 165 Å². The van der Waals surface area contributed by atoms with E-state index in [4.69, 9.17) is 10.00 Å². The number of nitrogens with one attached hydrogen (secondary N) is 1. The molecule has 0 fully saturated rings. The number of carbonyl (C=O) groups is 1. The lowest BCUT2D eigenvalue weighted by molar-refractivity contribution is -0.141. The number of amides is 1. The first-order valence-electron chi connectivity index (χ1n) is 8.61. The fourth-order valence-corrected chi connectivity index (χ4v) is 2.41. The number of hydrogen-bond donors (Lipinski definition) is 1. The molecule has 1 amide bonds. The molecule has 2 aromatic rings. The highest BCUT2D eigenvalue weighted by atomic mass is 19.4. The van der Waals surface area contributed by atoms with Gasteiger partial charge in [0.05, 0.1) is 0 Å². The van der Waals surface area contributed by atoms with Crippen molar-refractivity contribution in [2.75, 3.05) is 0 Å². The molecular formula is C18H21F3N6O2. The highest BCUT2D eigenvalue weighted by Gasteiger charge is 2.36. The minimum atomic E-state index is -4.66. The summed E-state index contributed by atoms with van der Waals surface area (Å²) >= 11 is 0. The molecular weight excluding hydrogens is 389 g/mol. The highest BCUT2D eigenvalue weighted by molar-refractivity contribution is 5.68. The van der Waals surface area contributed by atoms with Crippen LogP contribution in [0, 0.1) is 11.3 Å². The molecule has 0 saturated carbocycles. The van der Waals surface area contributed by atoms with Crippen LogP contribution in [0.15, 0.2) is 18.3 Å². The molecule has 11 heteroatoms. The molecule has 0 saturated heterocycles. The number of alkyl carbamates (subject to hydrolysis) is 1. The second kappa shape index (κ2) is 7.69. The van der Waals surface area contributed by atoms with Gasteiger partial charge in [0.15, 0.2) is 17.2 Å². The van der Waals surface area contributed by atoms with Crippen molar-refractivity contribution in [2.45, 2.75) is 58.4 Å². The predicted molar refractivity (Wildman–Crippen MR) is 96.0 cm³/mol. The number of imidazole rings is 1. The van der Waals surface area contributed by atoms with Crippen LogP contribution >= 0.6 is 0 Å². The second-order valence-electron chi connectivity index (χ2n) is 7.99. The standard InChI is InChI=1S/C18H21F3N6O2/c1-16(2,3)29-15(28)24-17(4,5)8-14-23-12(18(19,20)21)10-27(14)13-7-6-11(9-22)25-26-13/h6-7,10H,8H2,1-5H3,(H,24,28). The van der Waals surface area contributed by atoms with Crippen molar-refractivity contribution in [1.82, 2.24) is 25.1 Å². The van der Waals surface area contributed by atoms with Gasteiger partial charge in [0.1, 0.15) is 17.5 Å². The van der Waals surface area contributed by atoms with Crippen molar-refractivity contribution >= 4 is 6.09 Å². The Bertz CT molecular complexity index is 921. The lowest BCUT2D eigenvalue weighted by atomic mass is 10.0. The largest absolute Gasteiger partial charge is 0.444 e. The summed E-state index contributed by atoms with van der Waals surface area (Å²) in [6, 6.07) is 4.49. The third kappa shape index (κ3) is 6.17. The van der Waals surface area contributed by atoms with Crippen LogP contribution < -0.4 is 5.32 Å². The average Bonchev–Trinajstić information content (AvgIpc) is 2.95. The molecule has 156 valence electrons. The number of ether oxygens (including phenoxy) is 1. The number of aromatic nitrogens is 4. The minimum Gasteiger partial charge on any atom is -0.444 e. The van der Waals surface area contributed by atoms with E-state index in [9.17, 15) is 18.0 Å². The van der Waals surface area contributed by atoms with Gasteiger partial charge in [-0.15, -0.1) is 10.2 Å². The van der Waals surface area contributed by atoms with Gasteiger partial charge in [-0.05, 0) is 46.8 Å². The third-order valence-electron chi connectivity index (χ3n) is 3.52. The SMILES string of the molecule is CC(C)(Cc1nc(C(F)(F)F)cn1-c1ccc(C#N)nn1)NC(=O)OC(C)(C)C. The molecule has 0 radical (unpaired) electrons. The minimum absolute atomic E-state index is 0.0115. The van der Waals surface area contributed by atoms with E-state index in [0.29, 0.717) is 0 Å². The zero-order chi connectivity index (χ0) is 22.0. The molecule has 2 rings (SSSR count). The molecule has 0 aliphatic heterocycles. The Kier molecular flexibility index (Phi) is 5.87. The zero-order valence-corrected chi connectivity index (χ0v) is 16.6. The van der Waals surface area contributed by atoms with Crippen LogP contribution in [0.2, 0.25) is 0 Å². The van der Waals surface area contributed by atoms with E-state index in [-0.39, 0.29) is 23.8 Å². The first-order valence-corrected chi connectivity index (χ1v) is 8.61. The Morgan fingerprint density at radius 2 is 1.86 bits per heavy atom. The fourth-order valence-electron chi connectivity index (χ4n) is 2.41. The summed E-state index contributed by atoms with van der Waals surface area (Å²) in [5, 5.41) is 18.9. The van der Waals surface area contributed by atoms with Gasteiger partial charge in [-0.3, -0.25) is 4.57 Å². The van der Waals surface area contributed by atoms with E-state index < -0.39 is 29.1 Å². The van der Waals surface area contributed by atoms with Crippen molar-refractivity contribution in [2.24, 2.45) is 0 Å². The Morgan fingerprint density at radius 1 is 1.21 bits per heavy atom. The monoisotopic (exact) mass is 410 g/mol. The van der Waals surface area contributed by atoms with Crippen molar-refractivity contribution in [3.63, 3.8) is 0 Å². The van der Waals surface area contributed by atoms with Gasteiger partial charge in [-0.2, -0.15) is 18.4 Å². The van der Waals surface area contributed by atoms with Crippen molar-refractivity contribution < 1.29 is 22.7 Å². The van der Waals surface area contributed by atoms with Gasteiger partial charge in [0, 0.05) is 18.2 Å². The lowest BCUT2D eigenvalue weighted by Gasteiger charge is -2.28. The summed E-state index contributed by atoms with van der Waals surface area (Å²) in [5.74, 6) is 0.0764. The van der Waals surface area contributed by atoms with Gasteiger partial charge in [-0.25, -0.2) is 9.78 Å². The van der Waals surface area contributed by atoms with E-state index in [0.717, 1.165) is 10.8 Å². The average molecular weight is 410 g/mol. The fraction of sp³-hybridized carbons (Fsp3) is 0.500. The van der Waals surface area contributed by atoms with Crippen molar-refractivity contribution in [1.29, 1.82) is 5.26 Å². The van der Waals surface area contributed by atoms with Crippen LogP contribution in [0.4, 0.5) is 18.0 Å². The van der Waals surface area contributed by atoms with Gasteiger partial charge < -0.3 is 10.1 Å². The number of rotatable bonds is 4. The molecule has 2 heterocycles. The van der Waals surface area contributed by atoms with Crippen LogP contribution in [0.5, 0.6) is 0 Å². The second-order valence-corrected chi connectivity index (χ2v) is 7.99. The summed E-state index contributed by atoms with van der Waals surface area (Å²) in [4.78, 5) is 15.7. The van der Waals surface area contributed by atoms with Crippen LogP contribution in [0.1, 0.15) is 51.8 Å². The molecule has 0 aliphatic carbocycles. The summed E-state index contributed by atoms with van der Waals surface area (Å²) in [7, 11) is 0. The first-order chi connectivity index (χ1) is 13.2. The maximum Gasteiger partial charge on any atom is 0.434 e. The molecule has 0 atom stereocenters. The molecule has 0 unspecified atom stereocenters. The van der Waals surface area contributed by atoms with Gasteiger partial charge >= 0.3 is 12.3 Å². The Balaban J connectivity index is 2.36. The van der Waals surface area contributed by atoms with Gasteiger partial charge in [-0.1, -0.05) is 0 Å². The molecule has 8 nitrogen and oxygen atoms in total. The van der Waals surface area contributed by atoms with Crippen LogP contribution in [-0.2, 0) is 17.3 Å². The summed E-state index contributed by atoms with van der Waals surface area (Å²) in [6.07, 6.45) is -4.61. The van der Waals surface area contributed by atoms with E-state index in [1.165, 1.54) is 12.1 Å². The topological polar surface area (TPSA) is 106 Å². The predicted octanol–water partition coefficient (Wildman–Crippen LogP) is 3.40. The van der Waals surface area contributed by atoms with E-state index in [2.05, 4.69) is 20.5 Å². The normalized spacial score (nSPS) is 12.4.